The number of aliphatic imine (C=N–C) groups is 1. The summed E-state index contributed by atoms with van der Waals surface area (Å²) in [6.45, 7) is 0. The first-order valence-corrected chi connectivity index (χ1v) is 9.62. The third-order valence-corrected chi connectivity index (χ3v) is 5.90. The maximum absolute atomic E-state index is 12.9. The summed E-state index contributed by atoms with van der Waals surface area (Å²) in [5, 5.41) is 14.1. The van der Waals surface area contributed by atoms with E-state index in [0.717, 1.165) is 18.4 Å². The summed E-state index contributed by atoms with van der Waals surface area (Å²) in [5.74, 6) is 1.88. The first-order chi connectivity index (χ1) is 13.1. The number of hydrogen-bond donors (Lipinski definition) is 2. The molecule has 1 aromatic carbocycles. The number of carbonyl (C=O) groups is 1. The highest BCUT2D eigenvalue weighted by Gasteiger charge is 2.37. The van der Waals surface area contributed by atoms with Gasteiger partial charge in [-0.05, 0) is 36.5 Å². The first-order valence-electron chi connectivity index (χ1n) is 9.62. The molecule has 1 aromatic rings. The highest BCUT2D eigenvalue weighted by molar-refractivity contribution is 6.23. The fourth-order valence-electron chi connectivity index (χ4n) is 4.46. The summed E-state index contributed by atoms with van der Waals surface area (Å²) in [7, 11) is 3.18. The minimum Gasteiger partial charge on any atom is -0.511 e. The van der Waals surface area contributed by atoms with Gasteiger partial charge in [0, 0.05) is 18.9 Å². The van der Waals surface area contributed by atoms with Crippen molar-refractivity contribution in [2.75, 3.05) is 14.2 Å². The number of methoxy groups -OCH3 is 2. The molecule has 0 bridgehead atoms. The molecule has 0 saturated heterocycles. The molecule has 0 radical (unpaired) electrons. The summed E-state index contributed by atoms with van der Waals surface area (Å²) in [4.78, 5) is 17.6. The third-order valence-electron chi connectivity index (χ3n) is 5.90. The van der Waals surface area contributed by atoms with Gasteiger partial charge >= 0.3 is 0 Å². The lowest BCUT2D eigenvalue weighted by Gasteiger charge is -2.25. The molecule has 2 N–H and O–H groups in total. The molecule has 0 spiro atoms. The quantitative estimate of drug-likeness (QED) is 0.850. The van der Waals surface area contributed by atoms with Crippen LogP contribution in [0.3, 0.4) is 0 Å². The van der Waals surface area contributed by atoms with Crippen molar-refractivity contribution in [3.05, 3.63) is 35.1 Å². The van der Waals surface area contributed by atoms with E-state index < -0.39 is 0 Å². The Morgan fingerprint density at radius 2 is 1.89 bits per heavy atom. The molecule has 3 atom stereocenters. The number of hydrogen-bond acceptors (Lipinski definition) is 6. The van der Waals surface area contributed by atoms with Crippen molar-refractivity contribution in [3.63, 3.8) is 0 Å². The fraction of sp³-hybridized carbons (Fsp3) is 0.524. The van der Waals surface area contributed by atoms with Gasteiger partial charge in [0.25, 0.3) is 0 Å². The van der Waals surface area contributed by atoms with Gasteiger partial charge in [-0.3, -0.25) is 9.79 Å². The van der Waals surface area contributed by atoms with Crippen molar-refractivity contribution in [1.29, 1.82) is 0 Å². The molecule has 1 aliphatic heterocycles. The molecule has 1 fully saturated rings. The lowest BCUT2D eigenvalue weighted by atomic mass is 9.82. The minimum atomic E-state index is -0.0784. The molecule has 6 heteroatoms. The molecule has 27 heavy (non-hydrogen) atoms. The average Bonchev–Trinajstić information content (AvgIpc) is 3.10. The zero-order valence-electron chi connectivity index (χ0n) is 15.8. The number of carbonyl (C=O) groups excluding carboxylic acids is 1. The number of fused-ring (bicyclic) bond motifs is 1. The highest BCUT2D eigenvalue weighted by Crippen LogP contribution is 2.38. The van der Waals surface area contributed by atoms with E-state index >= 15 is 0 Å². The number of aliphatic hydroxyl groups is 1. The third kappa shape index (κ3) is 3.29. The fourth-order valence-corrected chi connectivity index (χ4v) is 4.46. The van der Waals surface area contributed by atoms with Crippen LogP contribution in [0.1, 0.15) is 50.0 Å². The summed E-state index contributed by atoms with van der Waals surface area (Å²) in [6, 6.07) is 6.20. The predicted molar refractivity (Wildman–Crippen MR) is 103 cm³/mol. The number of allylic oxidation sites excluding steroid dienone is 1. The second-order valence-electron chi connectivity index (χ2n) is 7.54. The van der Waals surface area contributed by atoms with E-state index in [1.54, 1.807) is 14.2 Å². The molecule has 1 unspecified atom stereocenters. The number of aliphatic hydroxyl groups excluding tert-OH is 1. The Hall–Kier alpha value is -2.50. The Labute approximate surface area is 159 Å². The molecule has 3 aliphatic rings. The standard InChI is InChI=1S/C21H26N2O4/c1-26-18-8-7-12(11-19(18)27-2)13-9-16(24)20(17(25)10-13)21-22-14-5-3-4-6-15(14)23-21/h7-8,11,13-15,24H,3-6,9-10H2,1-2H3,(H,22,23)/t13?,14-,15-/m0/s1. The summed E-state index contributed by atoms with van der Waals surface area (Å²) < 4.78 is 10.6. The van der Waals surface area contributed by atoms with E-state index in [-0.39, 0.29) is 23.5 Å². The molecule has 4 rings (SSSR count). The van der Waals surface area contributed by atoms with Crippen LogP contribution < -0.4 is 14.8 Å². The molecular formula is C21H26N2O4. The van der Waals surface area contributed by atoms with Crippen LogP contribution in [-0.4, -0.2) is 43.0 Å². The maximum atomic E-state index is 12.9. The van der Waals surface area contributed by atoms with Crippen LogP contribution in [0.15, 0.2) is 34.5 Å². The number of benzene rings is 1. The number of amidine groups is 1. The van der Waals surface area contributed by atoms with E-state index in [2.05, 4.69) is 5.32 Å². The van der Waals surface area contributed by atoms with Gasteiger partial charge in [-0.1, -0.05) is 18.9 Å². The van der Waals surface area contributed by atoms with Crippen molar-refractivity contribution in [2.45, 2.75) is 56.5 Å². The van der Waals surface area contributed by atoms with Gasteiger partial charge in [-0.25, -0.2) is 0 Å². The van der Waals surface area contributed by atoms with Crippen LogP contribution in [0.25, 0.3) is 0 Å². The Bertz CT molecular complexity index is 814. The molecule has 0 aromatic heterocycles. The zero-order chi connectivity index (χ0) is 19.0. The number of nitrogens with one attached hydrogen (secondary N) is 1. The van der Waals surface area contributed by atoms with Gasteiger partial charge in [0.15, 0.2) is 17.3 Å². The van der Waals surface area contributed by atoms with E-state index in [1.165, 1.54) is 12.8 Å². The van der Waals surface area contributed by atoms with E-state index in [4.69, 9.17) is 14.5 Å². The molecule has 1 saturated carbocycles. The van der Waals surface area contributed by atoms with Gasteiger partial charge in [0.2, 0.25) is 0 Å². The number of rotatable bonds is 4. The number of ketones is 1. The summed E-state index contributed by atoms with van der Waals surface area (Å²) in [5.41, 5.74) is 1.35. The monoisotopic (exact) mass is 370 g/mol. The van der Waals surface area contributed by atoms with Crippen LogP contribution in [0, 0.1) is 0 Å². The van der Waals surface area contributed by atoms with Crippen molar-refractivity contribution in [2.24, 2.45) is 4.99 Å². The van der Waals surface area contributed by atoms with Gasteiger partial charge in [0.1, 0.15) is 11.6 Å². The Morgan fingerprint density at radius 1 is 1.11 bits per heavy atom. The Morgan fingerprint density at radius 3 is 2.59 bits per heavy atom. The molecule has 144 valence electrons. The van der Waals surface area contributed by atoms with Crippen LogP contribution in [0.2, 0.25) is 0 Å². The summed E-state index contributed by atoms with van der Waals surface area (Å²) >= 11 is 0. The Balaban J connectivity index is 1.57. The van der Waals surface area contributed by atoms with Crippen molar-refractivity contribution >= 4 is 11.6 Å². The zero-order valence-corrected chi connectivity index (χ0v) is 15.8. The largest absolute Gasteiger partial charge is 0.511 e. The summed E-state index contributed by atoms with van der Waals surface area (Å²) in [6.07, 6.45) is 5.28. The highest BCUT2D eigenvalue weighted by atomic mass is 16.5. The lowest BCUT2D eigenvalue weighted by molar-refractivity contribution is -0.116. The van der Waals surface area contributed by atoms with E-state index in [1.807, 2.05) is 18.2 Å². The smallest absolute Gasteiger partial charge is 0.170 e. The van der Waals surface area contributed by atoms with Gasteiger partial charge in [-0.2, -0.15) is 0 Å². The molecule has 0 amide bonds. The van der Waals surface area contributed by atoms with Gasteiger partial charge in [-0.15, -0.1) is 0 Å². The molecular weight excluding hydrogens is 344 g/mol. The minimum absolute atomic E-state index is 0.0524. The number of nitrogens with zero attached hydrogens (tertiary/aromatic N) is 1. The normalized spacial score (nSPS) is 27.7. The van der Waals surface area contributed by atoms with Gasteiger partial charge in [0.05, 0.1) is 25.8 Å². The first kappa shape index (κ1) is 17.9. The van der Waals surface area contributed by atoms with Crippen molar-refractivity contribution in [1.82, 2.24) is 5.32 Å². The molecule has 6 nitrogen and oxygen atoms in total. The second kappa shape index (κ2) is 7.25. The van der Waals surface area contributed by atoms with E-state index in [9.17, 15) is 9.90 Å². The van der Waals surface area contributed by atoms with Gasteiger partial charge < -0.3 is 19.9 Å². The van der Waals surface area contributed by atoms with Crippen LogP contribution in [0.4, 0.5) is 0 Å². The maximum Gasteiger partial charge on any atom is 0.170 e. The SMILES string of the molecule is COc1ccc(C2CC(=O)C(C3=N[C@H]4CCCC[C@@H]4N3)=C(O)C2)cc1OC. The lowest BCUT2D eigenvalue weighted by Crippen LogP contribution is -2.39. The second-order valence-corrected chi connectivity index (χ2v) is 7.54. The van der Waals surface area contributed by atoms with Crippen molar-refractivity contribution in [3.8, 4) is 11.5 Å². The average molecular weight is 370 g/mol. The van der Waals surface area contributed by atoms with Crippen molar-refractivity contribution < 1.29 is 19.4 Å². The van der Waals surface area contributed by atoms with Crippen LogP contribution in [0.5, 0.6) is 11.5 Å². The molecule has 1 heterocycles. The number of Topliss-reactive ketones (excluding diaryl/α,β-unsaturated/α-hetero) is 1. The van der Waals surface area contributed by atoms with Crippen LogP contribution >= 0.6 is 0 Å². The van der Waals surface area contributed by atoms with E-state index in [0.29, 0.717) is 41.8 Å². The number of ether oxygens (including phenoxy) is 2. The predicted octanol–water partition coefficient (Wildman–Crippen LogP) is 3.28. The Kier molecular flexibility index (Phi) is 4.81. The van der Waals surface area contributed by atoms with Crippen LogP contribution in [-0.2, 0) is 4.79 Å². The molecule has 2 aliphatic carbocycles. The topological polar surface area (TPSA) is 80.2 Å².